The molecule has 1 aliphatic carbocycles. The third-order valence-corrected chi connectivity index (χ3v) is 4.18. The Morgan fingerprint density at radius 1 is 1.40 bits per heavy atom. The maximum absolute atomic E-state index is 12.2. The number of halogens is 1. The molecular formula is C14H14BrN3O2. The summed E-state index contributed by atoms with van der Waals surface area (Å²) in [5.41, 5.74) is 2.39. The van der Waals surface area contributed by atoms with E-state index in [1.165, 1.54) is 0 Å². The van der Waals surface area contributed by atoms with Crippen LogP contribution in [-0.2, 0) is 19.4 Å². The number of carbonyl (C=O) groups excluding carboxylic acids is 1. The van der Waals surface area contributed by atoms with Crippen LogP contribution in [0.15, 0.2) is 27.5 Å². The zero-order chi connectivity index (χ0) is 13.9. The number of aryl methyl sites for hydroxylation is 1. The minimum Gasteiger partial charge on any atom is -0.360 e. The predicted octanol–water partition coefficient (Wildman–Crippen LogP) is 2.64. The van der Waals surface area contributed by atoms with E-state index < -0.39 is 0 Å². The van der Waals surface area contributed by atoms with Gasteiger partial charge < -0.3 is 9.84 Å². The molecule has 20 heavy (non-hydrogen) atoms. The van der Waals surface area contributed by atoms with Crippen molar-refractivity contribution in [3.8, 4) is 0 Å². The van der Waals surface area contributed by atoms with Gasteiger partial charge in [-0.1, -0.05) is 5.16 Å². The first-order valence-electron chi connectivity index (χ1n) is 6.59. The SMILES string of the molecule is O=C(NCc1ccncc1Br)c1noc2c1CCCC2. The molecule has 0 saturated carbocycles. The lowest BCUT2D eigenvalue weighted by Crippen LogP contribution is -2.24. The molecule has 0 aromatic carbocycles. The minimum absolute atomic E-state index is 0.180. The second kappa shape index (κ2) is 5.75. The van der Waals surface area contributed by atoms with Gasteiger partial charge in [-0.2, -0.15) is 0 Å². The molecule has 0 aliphatic heterocycles. The van der Waals surface area contributed by atoms with Crippen molar-refractivity contribution >= 4 is 21.8 Å². The molecule has 0 atom stereocenters. The number of amides is 1. The number of nitrogens with zero attached hydrogens (tertiary/aromatic N) is 2. The summed E-state index contributed by atoms with van der Waals surface area (Å²) in [6, 6.07) is 1.86. The monoisotopic (exact) mass is 335 g/mol. The first kappa shape index (κ1) is 13.3. The van der Waals surface area contributed by atoms with Gasteiger partial charge in [-0.25, -0.2) is 0 Å². The van der Waals surface area contributed by atoms with Crippen molar-refractivity contribution < 1.29 is 9.32 Å². The fourth-order valence-corrected chi connectivity index (χ4v) is 2.76. The zero-order valence-electron chi connectivity index (χ0n) is 10.9. The minimum atomic E-state index is -0.180. The third-order valence-electron chi connectivity index (χ3n) is 3.46. The summed E-state index contributed by atoms with van der Waals surface area (Å²) in [6.07, 6.45) is 7.35. The van der Waals surface area contributed by atoms with E-state index in [2.05, 4.69) is 31.4 Å². The fourth-order valence-electron chi connectivity index (χ4n) is 2.37. The lowest BCUT2D eigenvalue weighted by Gasteiger charge is -2.09. The van der Waals surface area contributed by atoms with Crippen LogP contribution in [0, 0.1) is 0 Å². The van der Waals surface area contributed by atoms with E-state index in [0.717, 1.165) is 47.0 Å². The van der Waals surface area contributed by atoms with Crippen LogP contribution in [0.4, 0.5) is 0 Å². The molecule has 6 heteroatoms. The molecule has 0 saturated heterocycles. The first-order chi connectivity index (χ1) is 9.75. The highest BCUT2D eigenvalue weighted by molar-refractivity contribution is 9.10. The lowest BCUT2D eigenvalue weighted by atomic mass is 9.96. The van der Waals surface area contributed by atoms with E-state index in [1.54, 1.807) is 12.4 Å². The van der Waals surface area contributed by atoms with Gasteiger partial charge in [-0.05, 0) is 46.8 Å². The van der Waals surface area contributed by atoms with Crippen molar-refractivity contribution in [3.05, 3.63) is 45.5 Å². The summed E-state index contributed by atoms with van der Waals surface area (Å²) in [6.45, 7) is 0.434. The number of pyridine rings is 1. The first-order valence-corrected chi connectivity index (χ1v) is 7.39. The highest BCUT2D eigenvalue weighted by Gasteiger charge is 2.23. The van der Waals surface area contributed by atoms with E-state index in [0.29, 0.717) is 12.2 Å². The van der Waals surface area contributed by atoms with Crippen LogP contribution in [0.25, 0.3) is 0 Å². The molecule has 1 N–H and O–H groups in total. The van der Waals surface area contributed by atoms with Crippen molar-refractivity contribution in [3.63, 3.8) is 0 Å². The van der Waals surface area contributed by atoms with E-state index in [9.17, 15) is 4.79 Å². The number of carbonyl (C=O) groups is 1. The summed E-state index contributed by atoms with van der Waals surface area (Å²) >= 11 is 3.41. The Labute approximate surface area is 124 Å². The standard InChI is InChI=1S/C14H14BrN3O2/c15-11-8-16-6-5-9(11)7-17-14(19)13-10-3-1-2-4-12(10)20-18-13/h5-6,8H,1-4,7H2,(H,17,19). The number of aromatic nitrogens is 2. The van der Waals surface area contributed by atoms with E-state index in [1.807, 2.05) is 6.07 Å². The van der Waals surface area contributed by atoms with E-state index in [-0.39, 0.29) is 5.91 Å². The summed E-state index contributed by atoms with van der Waals surface area (Å²) in [7, 11) is 0. The largest absolute Gasteiger partial charge is 0.360 e. The number of hydrogen-bond acceptors (Lipinski definition) is 4. The molecule has 0 fully saturated rings. The Bertz CT molecular complexity index is 639. The van der Waals surface area contributed by atoms with Gasteiger partial charge in [0, 0.05) is 35.4 Å². The molecule has 0 radical (unpaired) electrons. The zero-order valence-corrected chi connectivity index (χ0v) is 12.4. The van der Waals surface area contributed by atoms with Gasteiger partial charge in [0.05, 0.1) is 0 Å². The van der Waals surface area contributed by atoms with Crippen LogP contribution >= 0.6 is 15.9 Å². The predicted molar refractivity (Wildman–Crippen MR) is 76.3 cm³/mol. The highest BCUT2D eigenvalue weighted by atomic mass is 79.9. The molecule has 0 unspecified atom stereocenters. The van der Waals surface area contributed by atoms with Crippen LogP contribution in [-0.4, -0.2) is 16.0 Å². The van der Waals surface area contributed by atoms with Crippen molar-refractivity contribution in [2.75, 3.05) is 0 Å². The van der Waals surface area contributed by atoms with Gasteiger partial charge in [0.15, 0.2) is 5.69 Å². The Balaban J connectivity index is 1.71. The van der Waals surface area contributed by atoms with Crippen LogP contribution < -0.4 is 5.32 Å². The highest BCUT2D eigenvalue weighted by Crippen LogP contribution is 2.24. The quantitative estimate of drug-likeness (QED) is 0.936. The Kier molecular flexibility index (Phi) is 3.82. The van der Waals surface area contributed by atoms with Crippen molar-refractivity contribution in [2.45, 2.75) is 32.2 Å². The Morgan fingerprint density at radius 3 is 3.10 bits per heavy atom. The van der Waals surface area contributed by atoms with Crippen LogP contribution in [0.2, 0.25) is 0 Å². The Hall–Kier alpha value is -1.69. The number of hydrogen-bond donors (Lipinski definition) is 1. The number of fused-ring (bicyclic) bond motifs is 1. The van der Waals surface area contributed by atoms with Gasteiger partial charge in [0.1, 0.15) is 5.76 Å². The molecule has 2 heterocycles. The van der Waals surface area contributed by atoms with Crippen LogP contribution in [0.1, 0.15) is 40.2 Å². The van der Waals surface area contributed by atoms with Gasteiger partial charge in [0.25, 0.3) is 5.91 Å². The third kappa shape index (κ3) is 2.60. The Morgan fingerprint density at radius 2 is 2.25 bits per heavy atom. The molecule has 5 nitrogen and oxygen atoms in total. The number of nitrogens with one attached hydrogen (secondary N) is 1. The average molecular weight is 336 g/mol. The van der Waals surface area contributed by atoms with E-state index in [4.69, 9.17) is 4.52 Å². The van der Waals surface area contributed by atoms with E-state index >= 15 is 0 Å². The molecule has 0 spiro atoms. The van der Waals surface area contributed by atoms with Crippen molar-refractivity contribution in [2.24, 2.45) is 0 Å². The van der Waals surface area contributed by atoms with Gasteiger partial charge in [0.2, 0.25) is 0 Å². The molecule has 0 bridgehead atoms. The summed E-state index contributed by atoms with van der Waals surface area (Å²) in [4.78, 5) is 16.2. The maximum atomic E-state index is 12.2. The van der Waals surface area contributed by atoms with Gasteiger partial charge >= 0.3 is 0 Å². The fraction of sp³-hybridized carbons (Fsp3) is 0.357. The second-order valence-electron chi connectivity index (χ2n) is 4.79. The average Bonchev–Trinajstić information content (AvgIpc) is 2.90. The van der Waals surface area contributed by atoms with Crippen LogP contribution in [0.5, 0.6) is 0 Å². The lowest BCUT2D eigenvalue weighted by molar-refractivity contribution is 0.0941. The van der Waals surface area contributed by atoms with Crippen LogP contribution in [0.3, 0.4) is 0 Å². The normalized spacial score (nSPS) is 13.8. The summed E-state index contributed by atoms with van der Waals surface area (Å²) in [5, 5.41) is 6.79. The second-order valence-corrected chi connectivity index (χ2v) is 5.64. The molecule has 3 rings (SSSR count). The number of rotatable bonds is 3. The maximum Gasteiger partial charge on any atom is 0.274 e. The topological polar surface area (TPSA) is 68.0 Å². The molecule has 104 valence electrons. The molecule has 1 amide bonds. The molecule has 1 aliphatic rings. The van der Waals surface area contributed by atoms with Crippen molar-refractivity contribution in [1.29, 1.82) is 0 Å². The smallest absolute Gasteiger partial charge is 0.274 e. The molecular weight excluding hydrogens is 322 g/mol. The molecule has 2 aromatic heterocycles. The molecule has 2 aromatic rings. The van der Waals surface area contributed by atoms with Crippen molar-refractivity contribution in [1.82, 2.24) is 15.5 Å². The van der Waals surface area contributed by atoms with Gasteiger partial charge in [-0.15, -0.1) is 0 Å². The van der Waals surface area contributed by atoms with Gasteiger partial charge in [-0.3, -0.25) is 9.78 Å². The summed E-state index contributed by atoms with van der Waals surface area (Å²) in [5.74, 6) is 0.687. The summed E-state index contributed by atoms with van der Waals surface area (Å²) < 4.78 is 6.13.